The molecular formula is C59H38N2. The van der Waals surface area contributed by atoms with Gasteiger partial charge in [0.1, 0.15) is 0 Å². The summed E-state index contributed by atoms with van der Waals surface area (Å²) >= 11 is 0. The number of fused-ring (bicyclic) bond motifs is 12. The number of aromatic nitrogens is 2. The van der Waals surface area contributed by atoms with Gasteiger partial charge in [-0.1, -0.05) is 212 Å². The number of hydrogen-bond donors (Lipinski definition) is 0. The van der Waals surface area contributed by atoms with Gasteiger partial charge in [0.15, 0.2) is 5.82 Å². The molecule has 0 saturated heterocycles. The van der Waals surface area contributed by atoms with Gasteiger partial charge in [0, 0.05) is 16.7 Å². The molecule has 2 aliphatic carbocycles. The van der Waals surface area contributed by atoms with E-state index in [1.165, 1.54) is 61.2 Å². The first-order chi connectivity index (χ1) is 30.3. The second kappa shape index (κ2) is 14.1. The predicted molar refractivity (Wildman–Crippen MR) is 251 cm³/mol. The highest BCUT2D eigenvalue weighted by atomic mass is 14.9. The van der Waals surface area contributed by atoms with Crippen molar-refractivity contribution < 1.29 is 0 Å². The smallest absolute Gasteiger partial charge is 0.161 e. The molecule has 1 spiro atoms. The quantitative estimate of drug-likeness (QED) is 0.174. The van der Waals surface area contributed by atoms with Crippen LogP contribution in [0.15, 0.2) is 231 Å². The first kappa shape index (κ1) is 35.0. The van der Waals surface area contributed by atoms with E-state index in [-0.39, 0.29) is 0 Å². The maximum Gasteiger partial charge on any atom is 0.161 e. The van der Waals surface area contributed by atoms with Crippen LogP contribution < -0.4 is 0 Å². The lowest BCUT2D eigenvalue weighted by Crippen LogP contribution is -2.29. The van der Waals surface area contributed by atoms with Crippen LogP contribution in [0.5, 0.6) is 0 Å². The molecule has 2 nitrogen and oxygen atoms in total. The third-order valence-electron chi connectivity index (χ3n) is 12.8. The molecule has 0 amide bonds. The SMILES string of the molecule is c1ccc(-c2cccc(-c3cc(-c4ccc5c(c4)C4(c6ccccc6-c6ccccc6-5)c5ccccc5-c5ccccc54)nc(-c4ccccc4-c4ccccc4)n3)c2)cc1. The largest absolute Gasteiger partial charge is 0.228 e. The molecule has 0 N–H and O–H groups in total. The Morgan fingerprint density at radius 1 is 0.230 bits per heavy atom. The van der Waals surface area contributed by atoms with E-state index in [9.17, 15) is 0 Å². The molecule has 0 fully saturated rings. The van der Waals surface area contributed by atoms with E-state index in [2.05, 4.69) is 231 Å². The Morgan fingerprint density at radius 2 is 0.639 bits per heavy atom. The maximum atomic E-state index is 5.52. The molecule has 61 heavy (non-hydrogen) atoms. The van der Waals surface area contributed by atoms with Crippen molar-refractivity contribution in [3.63, 3.8) is 0 Å². The van der Waals surface area contributed by atoms with Gasteiger partial charge >= 0.3 is 0 Å². The van der Waals surface area contributed by atoms with Crippen molar-refractivity contribution in [2.75, 3.05) is 0 Å². The van der Waals surface area contributed by atoms with Gasteiger partial charge in [-0.15, -0.1) is 0 Å². The summed E-state index contributed by atoms with van der Waals surface area (Å²) in [6.45, 7) is 0. The highest BCUT2D eigenvalue weighted by Gasteiger charge is 2.49. The molecule has 2 aliphatic rings. The highest BCUT2D eigenvalue weighted by Crippen LogP contribution is 2.61. The molecule has 2 heteroatoms. The van der Waals surface area contributed by atoms with Crippen LogP contribution >= 0.6 is 0 Å². The summed E-state index contributed by atoms with van der Waals surface area (Å²) in [6.07, 6.45) is 0. The Bertz CT molecular complexity index is 3260. The fraction of sp³-hybridized carbons (Fsp3) is 0.0169. The van der Waals surface area contributed by atoms with Crippen molar-refractivity contribution >= 4 is 0 Å². The average molecular weight is 775 g/mol. The zero-order chi connectivity index (χ0) is 40.3. The summed E-state index contributed by atoms with van der Waals surface area (Å²) < 4.78 is 0. The van der Waals surface area contributed by atoms with E-state index in [1.807, 2.05) is 0 Å². The molecular weight excluding hydrogens is 737 g/mol. The van der Waals surface area contributed by atoms with Crippen molar-refractivity contribution in [1.82, 2.24) is 9.97 Å². The minimum Gasteiger partial charge on any atom is -0.228 e. The van der Waals surface area contributed by atoms with Gasteiger partial charge in [0.2, 0.25) is 0 Å². The lowest BCUT2D eigenvalue weighted by atomic mass is 9.65. The van der Waals surface area contributed by atoms with E-state index in [0.717, 1.165) is 44.8 Å². The second-order valence-corrected chi connectivity index (χ2v) is 16.0. The summed E-state index contributed by atoms with van der Waals surface area (Å²) in [5, 5.41) is 0. The Kier molecular flexibility index (Phi) is 8.11. The van der Waals surface area contributed by atoms with Gasteiger partial charge in [-0.25, -0.2) is 9.97 Å². The molecule has 1 heterocycles. The van der Waals surface area contributed by atoms with Crippen molar-refractivity contribution in [1.29, 1.82) is 0 Å². The maximum absolute atomic E-state index is 5.52. The lowest BCUT2D eigenvalue weighted by molar-refractivity contribution is 0.775. The summed E-state index contributed by atoms with van der Waals surface area (Å²) in [7, 11) is 0. The topological polar surface area (TPSA) is 25.8 Å². The van der Waals surface area contributed by atoms with Gasteiger partial charge < -0.3 is 0 Å². The number of nitrogens with zero attached hydrogens (tertiary/aromatic N) is 2. The third kappa shape index (κ3) is 5.50. The lowest BCUT2D eigenvalue weighted by Gasteiger charge is -2.35. The Balaban J connectivity index is 1.15. The Morgan fingerprint density at radius 3 is 1.23 bits per heavy atom. The second-order valence-electron chi connectivity index (χ2n) is 16.0. The van der Waals surface area contributed by atoms with Crippen LogP contribution in [0.25, 0.3) is 89.5 Å². The van der Waals surface area contributed by atoms with Crippen LogP contribution in [-0.4, -0.2) is 9.97 Å². The van der Waals surface area contributed by atoms with Gasteiger partial charge in [-0.05, 0) is 96.1 Å². The van der Waals surface area contributed by atoms with E-state index < -0.39 is 5.41 Å². The van der Waals surface area contributed by atoms with Crippen LogP contribution in [0, 0.1) is 0 Å². The fourth-order valence-electron chi connectivity index (χ4n) is 10.1. The van der Waals surface area contributed by atoms with Crippen LogP contribution in [0.3, 0.4) is 0 Å². The normalized spacial score (nSPS) is 12.7. The molecule has 0 atom stereocenters. The third-order valence-corrected chi connectivity index (χ3v) is 12.8. The first-order valence-corrected chi connectivity index (χ1v) is 21.0. The van der Waals surface area contributed by atoms with Gasteiger partial charge in [-0.3, -0.25) is 0 Å². The van der Waals surface area contributed by atoms with Gasteiger partial charge in [0.05, 0.1) is 16.8 Å². The summed E-state index contributed by atoms with van der Waals surface area (Å²) in [6, 6.07) is 83.6. The van der Waals surface area contributed by atoms with Crippen molar-refractivity contribution in [2.24, 2.45) is 0 Å². The highest BCUT2D eigenvalue weighted by molar-refractivity contribution is 5.98. The molecule has 10 aromatic rings. The average Bonchev–Trinajstić information content (AvgIpc) is 3.59. The van der Waals surface area contributed by atoms with E-state index in [1.54, 1.807) is 0 Å². The van der Waals surface area contributed by atoms with Crippen LogP contribution in [0.1, 0.15) is 22.3 Å². The van der Waals surface area contributed by atoms with Crippen LogP contribution in [0.2, 0.25) is 0 Å². The van der Waals surface area contributed by atoms with E-state index in [0.29, 0.717) is 5.82 Å². The number of rotatable bonds is 5. The predicted octanol–water partition coefficient (Wildman–Crippen LogP) is 14.8. The van der Waals surface area contributed by atoms with Crippen molar-refractivity contribution in [3.05, 3.63) is 253 Å². The standard InChI is InChI=1S/C59H38N2/c1-3-18-39(19-4-1)41-22-17-23-42(36-41)56-38-57(61-58(60-56)51-30-10-7-24-44(51)40-20-5-2-6-21-40)43-34-35-50-46-26-9-8-25-45(46)47-27-11-14-31-52(47)59(55(50)37-43)53-32-15-12-28-48(53)49-29-13-16-33-54(49)59/h1-38H. The zero-order valence-corrected chi connectivity index (χ0v) is 33.3. The van der Waals surface area contributed by atoms with Gasteiger partial charge in [-0.2, -0.15) is 0 Å². The molecule has 284 valence electrons. The molecule has 0 aliphatic heterocycles. The van der Waals surface area contributed by atoms with E-state index in [4.69, 9.17) is 9.97 Å². The minimum absolute atomic E-state index is 0.587. The fourth-order valence-corrected chi connectivity index (χ4v) is 10.1. The molecule has 0 saturated carbocycles. The van der Waals surface area contributed by atoms with Crippen molar-refractivity contribution in [3.8, 4) is 89.5 Å². The number of hydrogen-bond acceptors (Lipinski definition) is 2. The summed E-state index contributed by atoms with van der Waals surface area (Å²) in [4.78, 5) is 10.9. The Labute approximate surface area is 356 Å². The van der Waals surface area contributed by atoms with Gasteiger partial charge in [0.25, 0.3) is 0 Å². The molecule has 1 aromatic heterocycles. The summed E-state index contributed by atoms with van der Waals surface area (Å²) in [5.41, 5.74) is 21.4. The molecule has 0 unspecified atom stereocenters. The molecule has 9 aromatic carbocycles. The van der Waals surface area contributed by atoms with Crippen molar-refractivity contribution in [2.45, 2.75) is 5.41 Å². The van der Waals surface area contributed by atoms with Crippen LogP contribution in [0.4, 0.5) is 0 Å². The minimum atomic E-state index is -0.587. The van der Waals surface area contributed by atoms with Crippen LogP contribution in [-0.2, 0) is 5.41 Å². The number of benzene rings is 9. The summed E-state index contributed by atoms with van der Waals surface area (Å²) in [5.74, 6) is 0.689. The zero-order valence-electron chi connectivity index (χ0n) is 33.3. The molecule has 0 radical (unpaired) electrons. The molecule has 12 rings (SSSR count). The monoisotopic (exact) mass is 774 g/mol. The Hall–Kier alpha value is -7.94. The molecule has 0 bridgehead atoms. The van der Waals surface area contributed by atoms with E-state index >= 15 is 0 Å². The first-order valence-electron chi connectivity index (χ1n) is 21.0.